The molecule has 1 fully saturated rings. The number of rotatable bonds is 9. The van der Waals surface area contributed by atoms with E-state index in [1.165, 1.54) is 17.3 Å². The van der Waals surface area contributed by atoms with Crippen molar-refractivity contribution in [2.45, 2.75) is 69.5 Å². The molecule has 1 saturated carbocycles. The zero-order valence-corrected chi connectivity index (χ0v) is 20.9. The molecule has 0 aliphatic heterocycles. The molecule has 7 heteroatoms. The van der Waals surface area contributed by atoms with Gasteiger partial charge in [-0.1, -0.05) is 66.7 Å². The van der Waals surface area contributed by atoms with E-state index in [4.69, 9.17) is 23.2 Å². The standard InChI is InChI=1S/C25H30Cl2N2O2S/c1-3-23(25(31)28-19-6-4-5-7-19)29(15-18-10-13-21(26)22(27)14-18)24(30)16-32-20-11-8-17(2)9-12-20/h8-14,19,23H,3-7,15-16H2,1-2H3,(H,28,31)/t23-/m1/s1. The van der Waals surface area contributed by atoms with Crippen LogP contribution < -0.4 is 5.32 Å². The van der Waals surface area contributed by atoms with Crippen molar-refractivity contribution in [3.05, 3.63) is 63.6 Å². The van der Waals surface area contributed by atoms with Crippen molar-refractivity contribution >= 4 is 46.8 Å². The van der Waals surface area contributed by atoms with Crippen molar-refractivity contribution in [3.8, 4) is 0 Å². The molecule has 0 saturated heterocycles. The minimum atomic E-state index is -0.531. The lowest BCUT2D eigenvalue weighted by molar-refractivity contribution is -0.139. The number of hydrogen-bond acceptors (Lipinski definition) is 3. The number of nitrogens with zero attached hydrogens (tertiary/aromatic N) is 1. The molecule has 2 aromatic rings. The minimum absolute atomic E-state index is 0.0740. The lowest BCUT2D eigenvalue weighted by Gasteiger charge is -2.31. The Hall–Kier alpha value is -1.69. The van der Waals surface area contributed by atoms with Crippen LogP contribution in [0.4, 0.5) is 0 Å². The third-order valence-corrected chi connectivity index (χ3v) is 7.54. The molecule has 2 aromatic carbocycles. The fourth-order valence-electron chi connectivity index (χ4n) is 3.98. The summed E-state index contributed by atoms with van der Waals surface area (Å²) in [5.74, 6) is 0.112. The van der Waals surface area contributed by atoms with Crippen LogP contribution in [0.15, 0.2) is 47.4 Å². The third-order valence-electron chi connectivity index (χ3n) is 5.81. The van der Waals surface area contributed by atoms with Crippen LogP contribution in [0, 0.1) is 6.92 Å². The number of benzene rings is 2. The van der Waals surface area contributed by atoms with Gasteiger partial charge in [-0.05, 0) is 56.0 Å². The summed E-state index contributed by atoms with van der Waals surface area (Å²) in [5.41, 5.74) is 2.02. The number of halogens is 2. The van der Waals surface area contributed by atoms with Gasteiger partial charge in [-0.25, -0.2) is 0 Å². The van der Waals surface area contributed by atoms with Gasteiger partial charge in [0.1, 0.15) is 6.04 Å². The molecule has 0 aromatic heterocycles. The van der Waals surface area contributed by atoms with Gasteiger partial charge in [-0.3, -0.25) is 9.59 Å². The summed E-state index contributed by atoms with van der Waals surface area (Å²) in [6.07, 6.45) is 4.83. The maximum absolute atomic E-state index is 13.3. The normalized spacial score (nSPS) is 14.9. The van der Waals surface area contributed by atoms with Crippen LogP contribution in [0.2, 0.25) is 10.0 Å². The molecule has 172 valence electrons. The molecule has 1 aliphatic rings. The van der Waals surface area contributed by atoms with Crippen LogP contribution in [0.5, 0.6) is 0 Å². The van der Waals surface area contributed by atoms with E-state index in [1.807, 2.05) is 44.2 Å². The summed E-state index contributed by atoms with van der Waals surface area (Å²) in [6.45, 7) is 4.29. The molecule has 0 unspecified atom stereocenters. The van der Waals surface area contributed by atoms with Crippen molar-refractivity contribution in [3.63, 3.8) is 0 Å². The van der Waals surface area contributed by atoms with Crippen LogP contribution in [-0.4, -0.2) is 34.6 Å². The molecule has 2 amide bonds. The number of carbonyl (C=O) groups excluding carboxylic acids is 2. The highest BCUT2D eigenvalue weighted by atomic mass is 35.5. The molecule has 0 spiro atoms. The quantitative estimate of drug-likeness (QED) is 0.420. The molecular formula is C25H30Cl2N2O2S. The van der Waals surface area contributed by atoms with Crippen molar-refractivity contribution < 1.29 is 9.59 Å². The monoisotopic (exact) mass is 492 g/mol. The Morgan fingerprint density at radius 2 is 1.78 bits per heavy atom. The Labute approximate surface area is 205 Å². The largest absolute Gasteiger partial charge is 0.352 e. The molecule has 1 atom stereocenters. The van der Waals surface area contributed by atoms with Gasteiger partial charge < -0.3 is 10.2 Å². The van der Waals surface area contributed by atoms with E-state index in [2.05, 4.69) is 5.32 Å². The Morgan fingerprint density at radius 3 is 2.41 bits per heavy atom. The molecule has 32 heavy (non-hydrogen) atoms. The second kappa shape index (κ2) is 12.0. The van der Waals surface area contributed by atoms with Gasteiger partial charge in [0.25, 0.3) is 0 Å². The van der Waals surface area contributed by atoms with Crippen LogP contribution in [-0.2, 0) is 16.1 Å². The van der Waals surface area contributed by atoms with Gasteiger partial charge in [0, 0.05) is 17.5 Å². The summed E-state index contributed by atoms with van der Waals surface area (Å²) in [5, 5.41) is 4.07. The first kappa shape index (κ1) is 24.9. The van der Waals surface area contributed by atoms with E-state index in [-0.39, 0.29) is 23.6 Å². The Bertz CT molecular complexity index is 930. The Balaban J connectivity index is 1.77. The summed E-state index contributed by atoms with van der Waals surface area (Å²) >= 11 is 13.7. The van der Waals surface area contributed by atoms with Gasteiger partial charge in [-0.2, -0.15) is 0 Å². The maximum atomic E-state index is 13.3. The predicted molar refractivity (Wildman–Crippen MR) is 133 cm³/mol. The Morgan fingerprint density at radius 1 is 1.09 bits per heavy atom. The fourth-order valence-corrected chi connectivity index (χ4v) is 5.09. The molecule has 4 nitrogen and oxygen atoms in total. The highest BCUT2D eigenvalue weighted by molar-refractivity contribution is 8.00. The topological polar surface area (TPSA) is 49.4 Å². The van der Waals surface area contributed by atoms with Crippen molar-refractivity contribution in [2.24, 2.45) is 0 Å². The van der Waals surface area contributed by atoms with Crippen LogP contribution >= 0.6 is 35.0 Å². The highest BCUT2D eigenvalue weighted by Gasteiger charge is 2.30. The van der Waals surface area contributed by atoms with E-state index < -0.39 is 6.04 Å². The van der Waals surface area contributed by atoms with Crippen molar-refractivity contribution in [1.29, 1.82) is 0 Å². The van der Waals surface area contributed by atoms with E-state index in [0.29, 0.717) is 23.0 Å². The summed E-state index contributed by atoms with van der Waals surface area (Å²) in [6, 6.07) is 13.1. The van der Waals surface area contributed by atoms with Crippen LogP contribution in [0.3, 0.4) is 0 Å². The van der Waals surface area contributed by atoms with Crippen molar-refractivity contribution in [1.82, 2.24) is 10.2 Å². The van der Waals surface area contributed by atoms with Crippen molar-refractivity contribution in [2.75, 3.05) is 5.75 Å². The molecule has 1 aliphatic carbocycles. The Kier molecular flexibility index (Phi) is 9.33. The predicted octanol–water partition coefficient (Wildman–Crippen LogP) is 6.26. The zero-order chi connectivity index (χ0) is 23.1. The second-order valence-corrected chi connectivity index (χ2v) is 10.1. The molecule has 0 bridgehead atoms. The lowest BCUT2D eigenvalue weighted by Crippen LogP contribution is -2.51. The van der Waals surface area contributed by atoms with Crippen LogP contribution in [0.1, 0.15) is 50.2 Å². The number of nitrogens with one attached hydrogen (secondary N) is 1. The van der Waals surface area contributed by atoms with Gasteiger partial charge in [0.05, 0.1) is 15.8 Å². The number of aryl methyl sites for hydroxylation is 1. The first-order valence-electron chi connectivity index (χ1n) is 11.1. The summed E-state index contributed by atoms with van der Waals surface area (Å²) in [7, 11) is 0. The number of amides is 2. The molecule has 0 radical (unpaired) electrons. The number of hydrogen-bond donors (Lipinski definition) is 1. The average Bonchev–Trinajstić information content (AvgIpc) is 3.28. The summed E-state index contributed by atoms with van der Waals surface area (Å²) in [4.78, 5) is 29.2. The maximum Gasteiger partial charge on any atom is 0.243 e. The number of thioether (sulfide) groups is 1. The molecule has 3 rings (SSSR count). The average molecular weight is 494 g/mol. The fraction of sp³-hybridized carbons (Fsp3) is 0.440. The van der Waals surface area contributed by atoms with Gasteiger partial charge in [0.2, 0.25) is 11.8 Å². The number of carbonyl (C=O) groups is 2. The van der Waals surface area contributed by atoms with Gasteiger partial charge in [0.15, 0.2) is 0 Å². The first-order valence-corrected chi connectivity index (χ1v) is 12.8. The lowest BCUT2D eigenvalue weighted by atomic mass is 10.1. The highest BCUT2D eigenvalue weighted by Crippen LogP contribution is 2.26. The molecule has 1 N–H and O–H groups in total. The SMILES string of the molecule is CC[C@H](C(=O)NC1CCCC1)N(Cc1ccc(Cl)c(Cl)c1)C(=O)CSc1ccc(C)cc1. The second-order valence-electron chi connectivity index (χ2n) is 8.29. The van der Waals surface area contributed by atoms with E-state index in [0.717, 1.165) is 36.1 Å². The van der Waals surface area contributed by atoms with Gasteiger partial charge in [-0.15, -0.1) is 11.8 Å². The summed E-state index contributed by atoms with van der Waals surface area (Å²) < 4.78 is 0. The smallest absolute Gasteiger partial charge is 0.243 e. The minimum Gasteiger partial charge on any atom is -0.352 e. The van der Waals surface area contributed by atoms with Crippen LogP contribution in [0.25, 0.3) is 0 Å². The van der Waals surface area contributed by atoms with E-state index >= 15 is 0 Å². The third kappa shape index (κ3) is 6.90. The molecule has 0 heterocycles. The zero-order valence-electron chi connectivity index (χ0n) is 18.6. The van der Waals surface area contributed by atoms with Gasteiger partial charge >= 0.3 is 0 Å². The first-order chi connectivity index (χ1) is 15.4. The van der Waals surface area contributed by atoms with E-state index in [9.17, 15) is 9.59 Å². The molecular weight excluding hydrogens is 463 g/mol. The van der Waals surface area contributed by atoms with E-state index in [1.54, 1.807) is 17.0 Å².